The summed E-state index contributed by atoms with van der Waals surface area (Å²) in [5, 5.41) is 0. The number of pyridine rings is 2. The number of carbonyl (C=O) groups is 1. The first-order valence-electron chi connectivity index (χ1n) is 6.05. The van der Waals surface area contributed by atoms with Gasteiger partial charge in [0.25, 0.3) is 0 Å². The van der Waals surface area contributed by atoms with Crippen molar-refractivity contribution in [1.29, 1.82) is 0 Å². The van der Waals surface area contributed by atoms with Gasteiger partial charge in [0, 0.05) is 35.3 Å². The van der Waals surface area contributed by atoms with Gasteiger partial charge in [-0.1, -0.05) is 0 Å². The van der Waals surface area contributed by atoms with Crippen LogP contribution in [0.1, 0.15) is 27.2 Å². The summed E-state index contributed by atoms with van der Waals surface area (Å²) in [6.07, 6.45) is 5.24. The van der Waals surface area contributed by atoms with E-state index < -0.39 is 0 Å². The number of carbonyl (C=O) groups excluding carboxylic acids is 1. The maximum atomic E-state index is 12.1. The highest BCUT2D eigenvalue weighted by molar-refractivity contribution is 5.97. The molecule has 2 aromatic heterocycles. The van der Waals surface area contributed by atoms with E-state index in [-0.39, 0.29) is 12.2 Å². The van der Waals surface area contributed by atoms with Gasteiger partial charge in [-0.05, 0) is 26.0 Å². The maximum Gasteiger partial charge on any atom is 0.168 e. The van der Waals surface area contributed by atoms with Gasteiger partial charge in [-0.2, -0.15) is 0 Å². The van der Waals surface area contributed by atoms with Crippen LogP contribution in [0.25, 0.3) is 0 Å². The molecule has 0 radical (unpaired) electrons. The molecule has 2 aromatic rings. The van der Waals surface area contributed by atoms with Crippen LogP contribution >= 0.6 is 0 Å². The molecule has 4 nitrogen and oxygen atoms in total. The molecule has 0 fully saturated rings. The molecule has 0 spiro atoms. The zero-order valence-electron chi connectivity index (χ0n) is 11.3. The molecule has 0 bridgehead atoms. The number of hydrogen-bond acceptors (Lipinski definition) is 4. The van der Waals surface area contributed by atoms with Crippen LogP contribution < -0.4 is 4.74 Å². The fraction of sp³-hybridized carbons (Fsp3) is 0.267. The molecule has 0 amide bonds. The highest BCUT2D eigenvalue weighted by Crippen LogP contribution is 2.24. The number of aromatic nitrogens is 2. The van der Waals surface area contributed by atoms with Crippen molar-refractivity contribution in [3.8, 4) is 5.75 Å². The lowest BCUT2D eigenvalue weighted by atomic mass is 10.0. The van der Waals surface area contributed by atoms with Gasteiger partial charge >= 0.3 is 0 Å². The summed E-state index contributed by atoms with van der Waals surface area (Å²) in [6, 6.07) is 3.42. The molecular weight excluding hydrogens is 240 g/mol. The van der Waals surface area contributed by atoms with Crippen LogP contribution in [-0.2, 0) is 6.42 Å². The SMILES string of the molecule is COc1c(C)cnc(CC(=O)c2ccncc2)c1C. The van der Waals surface area contributed by atoms with Crippen molar-refractivity contribution < 1.29 is 9.53 Å². The van der Waals surface area contributed by atoms with Crippen LogP contribution in [0.4, 0.5) is 0 Å². The van der Waals surface area contributed by atoms with E-state index in [0.29, 0.717) is 5.56 Å². The average Bonchev–Trinajstić information content (AvgIpc) is 2.43. The van der Waals surface area contributed by atoms with Crippen molar-refractivity contribution in [2.75, 3.05) is 7.11 Å². The van der Waals surface area contributed by atoms with Gasteiger partial charge < -0.3 is 4.74 Å². The third-order valence-corrected chi connectivity index (χ3v) is 3.08. The van der Waals surface area contributed by atoms with Crippen molar-refractivity contribution in [3.05, 3.63) is 53.1 Å². The molecule has 2 rings (SSSR count). The smallest absolute Gasteiger partial charge is 0.168 e. The van der Waals surface area contributed by atoms with Crippen LogP contribution in [0.2, 0.25) is 0 Å². The number of aryl methyl sites for hydroxylation is 1. The zero-order valence-corrected chi connectivity index (χ0v) is 11.3. The molecule has 98 valence electrons. The molecule has 0 aromatic carbocycles. The summed E-state index contributed by atoms with van der Waals surface area (Å²) in [6.45, 7) is 3.86. The van der Waals surface area contributed by atoms with Gasteiger partial charge in [0.2, 0.25) is 0 Å². The molecule has 0 N–H and O–H groups in total. The van der Waals surface area contributed by atoms with E-state index in [9.17, 15) is 4.79 Å². The fourth-order valence-corrected chi connectivity index (χ4v) is 2.04. The highest BCUT2D eigenvalue weighted by Gasteiger charge is 2.13. The first-order chi connectivity index (χ1) is 9.13. The van der Waals surface area contributed by atoms with E-state index in [0.717, 1.165) is 22.6 Å². The van der Waals surface area contributed by atoms with E-state index in [4.69, 9.17) is 4.74 Å². The molecular formula is C15H16N2O2. The van der Waals surface area contributed by atoms with Crippen molar-refractivity contribution in [3.63, 3.8) is 0 Å². The number of nitrogens with zero attached hydrogens (tertiary/aromatic N) is 2. The lowest BCUT2D eigenvalue weighted by Gasteiger charge is -2.11. The summed E-state index contributed by atoms with van der Waals surface area (Å²) in [5.41, 5.74) is 3.30. The molecule has 0 unspecified atom stereocenters. The molecule has 0 aliphatic rings. The van der Waals surface area contributed by atoms with Crippen LogP contribution in [-0.4, -0.2) is 22.9 Å². The topological polar surface area (TPSA) is 52.1 Å². The second-order valence-corrected chi connectivity index (χ2v) is 4.38. The van der Waals surface area contributed by atoms with Gasteiger partial charge in [-0.25, -0.2) is 0 Å². The molecule has 4 heteroatoms. The summed E-state index contributed by atoms with van der Waals surface area (Å²) >= 11 is 0. The van der Waals surface area contributed by atoms with Crippen LogP contribution in [0.15, 0.2) is 30.7 Å². The van der Waals surface area contributed by atoms with E-state index in [2.05, 4.69) is 9.97 Å². The van der Waals surface area contributed by atoms with Crippen LogP contribution in [0.5, 0.6) is 5.75 Å². The van der Waals surface area contributed by atoms with E-state index in [1.54, 1.807) is 37.8 Å². The second kappa shape index (κ2) is 5.61. The quantitative estimate of drug-likeness (QED) is 0.789. The Labute approximate surface area is 112 Å². The summed E-state index contributed by atoms with van der Waals surface area (Å²) < 4.78 is 5.34. The summed E-state index contributed by atoms with van der Waals surface area (Å²) in [5.74, 6) is 0.830. The Morgan fingerprint density at radius 1 is 1.26 bits per heavy atom. The Balaban J connectivity index is 2.27. The monoisotopic (exact) mass is 256 g/mol. The third kappa shape index (κ3) is 2.78. The van der Waals surface area contributed by atoms with E-state index >= 15 is 0 Å². The molecule has 0 aliphatic carbocycles. The predicted octanol–water partition coefficient (Wildman–Crippen LogP) is 2.53. The van der Waals surface area contributed by atoms with Crippen molar-refractivity contribution in [1.82, 2.24) is 9.97 Å². The minimum atomic E-state index is 0.0314. The molecule has 0 aliphatic heterocycles. The largest absolute Gasteiger partial charge is 0.496 e. The minimum absolute atomic E-state index is 0.0314. The minimum Gasteiger partial charge on any atom is -0.496 e. The highest BCUT2D eigenvalue weighted by atomic mass is 16.5. The van der Waals surface area contributed by atoms with Gasteiger partial charge in [0.15, 0.2) is 5.78 Å². The first-order valence-corrected chi connectivity index (χ1v) is 6.05. The number of ether oxygens (including phenoxy) is 1. The molecule has 0 saturated carbocycles. The third-order valence-electron chi connectivity index (χ3n) is 3.08. The lowest BCUT2D eigenvalue weighted by molar-refractivity contribution is 0.0991. The number of ketones is 1. The van der Waals surface area contributed by atoms with Crippen molar-refractivity contribution in [2.45, 2.75) is 20.3 Å². The number of rotatable bonds is 4. The number of hydrogen-bond donors (Lipinski definition) is 0. The first kappa shape index (κ1) is 13.2. The van der Waals surface area contributed by atoms with Crippen molar-refractivity contribution >= 4 is 5.78 Å². The maximum absolute atomic E-state index is 12.1. The Kier molecular flexibility index (Phi) is 3.90. The number of methoxy groups -OCH3 is 1. The fourth-order valence-electron chi connectivity index (χ4n) is 2.04. The summed E-state index contributed by atoms with van der Waals surface area (Å²) in [4.78, 5) is 20.4. The molecule has 0 atom stereocenters. The summed E-state index contributed by atoms with van der Waals surface area (Å²) in [7, 11) is 1.63. The van der Waals surface area contributed by atoms with Crippen LogP contribution in [0.3, 0.4) is 0 Å². The van der Waals surface area contributed by atoms with Gasteiger partial charge in [0.1, 0.15) is 5.75 Å². The second-order valence-electron chi connectivity index (χ2n) is 4.38. The zero-order chi connectivity index (χ0) is 13.8. The lowest BCUT2D eigenvalue weighted by Crippen LogP contribution is -2.08. The Morgan fingerprint density at radius 3 is 2.58 bits per heavy atom. The molecule has 2 heterocycles. The predicted molar refractivity (Wildman–Crippen MR) is 72.5 cm³/mol. The Morgan fingerprint density at radius 2 is 1.95 bits per heavy atom. The van der Waals surface area contributed by atoms with E-state index in [1.807, 2.05) is 13.8 Å². The number of Topliss-reactive ketones (excluding diaryl/α,β-unsaturated/α-hetero) is 1. The van der Waals surface area contributed by atoms with E-state index in [1.165, 1.54) is 0 Å². The van der Waals surface area contributed by atoms with Gasteiger partial charge in [-0.3, -0.25) is 14.8 Å². The van der Waals surface area contributed by atoms with Crippen molar-refractivity contribution in [2.24, 2.45) is 0 Å². The Bertz CT molecular complexity index is 595. The molecule has 0 saturated heterocycles. The standard InChI is InChI=1S/C15H16N2O2/c1-10-9-17-13(11(2)15(10)19-3)8-14(18)12-4-6-16-7-5-12/h4-7,9H,8H2,1-3H3. The average molecular weight is 256 g/mol. The molecule has 19 heavy (non-hydrogen) atoms. The van der Waals surface area contributed by atoms with Gasteiger partial charge in [-0.15, -0.1) is 0 Å². The Hall–Kier alpha value is -2.23. The normalized spacial score (nSPS) is 10.3. The van der Waals surface area contributed by atoms with Crippen LogP contribution in [0, 0.1) is 13.8 Å². The van der Waals surface area contributed by atoms with Gasteiger partial charge in [0.05, 0.1) is 19.2 Å².